The molecule has 0 bridgehead atoms. The van der Waals surface area contributed by atoms with Crippen LogP contribution in [0.3, 0.4) is 0 Å². The van der Waals surface area contributed by atoms with E-state index in [0.717, 1.165) is 23.5 Å². The van der Waals surface area contributed by atoms with E-state index >= 15 is 0 Å². The van der Waals surface area contributed by atoms with Gasteiger partial charge in [0, 0.05) is 5.69 Å². The molecule has 0 saturated heterocycles. The molecule has 0 radical (unpaired) electrons. The first kappa shape index (κ1) is 34.6. The molecule has 0 saturated carbocycles. The summed E-state index contributed by atoms with van der Waals surface area (Å²) in [7, 11) is 0. The van der Waals surface area contributed by atoms with Crippen molar-refractivity contribution in [3.63, 3.8) is 0 Å². The summed E-state index contributed by atoms with van der Waals surface area (Å²) >= 11 is 30.6. The summed E-state index contributed by atoms with van der Waals surface area (Å²) in [6.45, 7) is 1.34. The number of carbonyl (C=O) groups is 3. The van der Waals surface area contributed by atoms with Crippen molar-refractivity contribution in [1.29, 1.82) is 0 Å². The van der Waals surface area contributed by atoms with Crippen molar-refractivity contribution in [1.82, 2.24) is 0 Å². The van der Waals surface area contributed by atoms with Gasteiger partial charge in [0.25, 0.3) is 5.91 Å². The van der Waals surface area contributed by atoms with Gasteiger partial charge in [-0.25, -0.2) is 13.2 Å². The van der Waals surface area contributed by atoms with Gasteiger partial charge in [0.1, 0.15) is 21.7 Å². The number of hydrogen-bond donors (Lipinski definition) is 3. The summed E-state index contributed by atoms with van der Waals surface area (Å²) in [5.41, 5.74) is -2.84. The fraction of sp³-hybridized carbons (Fsp3) is 0.192. The van der Waals surface area contributed by atoms with Gasteiger partial charge in [-0.3, -0.25) is 14.4 Å². The Bertz CT molecular complexity index is 1570. The molecule has 3 aromatic rings. The van der Waals surface area contributed by atoms with Crippen LogP contribution in [0, 0.1) is 23.4 Å². The maximum atomic E-state index is 14.7. The number of anilines is 3. The van der Waals surface area contributed by atoms with Crippen molar-refractivity contribution in [2.75, 3.05) is 16.0 Å². The molecule has 0 fully saturated rings. The predicted molar refractivity (Wildman–Crippen MR) is 153 cm³/mol. The minimum atomic E-state index is -5.47. The molecule has 0 aliphatic carbocycles. The number of nitrogens with one attached hydrogen (secondary N) is 3. The van der Waals surface area contributed by atoms with E-state index in [9.17, 15) is 40.7 Å². The van der Waals surface area contributed by atoms with Gasteiger partial charge in [0.05, 0.1) is 32.2 Å². The Kier molecular flexibility index (Phi) is 10.8. The first-order valence-corrected chi connectivity index (χ1v) is 13.5. The molecule has 3 aromatic carbocycles. The van der Waals surface area contributed by atoms with E-state index in [2.05, 4.69) is 5.32 Å². The molecule has 6 nitrogen and oxygen atoms in total. The van der Waals surface area contributed by atoms with Gasteiger partial charge >= 0.3 is 12.1 Å². The second-order valence-corrected chi connectivity index (χ2v) is 11.9. The Balaban J connectivity index is 1.85. The molecule has 0 aromatic heterocycles. The van der Waals surface area contributed by atoms with Crippen LogP contribution in [-0.2, 0) is 16.0 Å². The van der Waals surface area contributed by atoms with Crippen molar-refractivity contribution in [3.8, 4) is 0 Å². The molecule has 0 spiro atoms. The van der Waals surface area contributed by atoms with Crippen molar-refractivity contribution >= 4 is 92.8 Å². The number of hydrogen-bond acceptors (Lipinski definition) is 3. The highest BCUT2D eigenvalue weighted by Crippen LogP contribution is 2.37. The second-order valence-electron chi connectivity index (χ2n) is 8.96. The standard InChI is InChI=1S/C26H16Cl5F6N3O3/c1-25(30,31)13(6-10-7-14(27)19(29)15(28)8-10)23(42)38-11-2-3-16(32)12(9-11)22(41)39-18-5-4-17(33)21(20(18)34)40-24(43)26(35,36)37/h2-5,7-9,13H,6H2,1H3,(H,38,42)(H,39,41)(H,40,43)/t13-/m1/s1. The Labute approximate surface area is 264 Å². The molecule has 0 aliphatic rings. The highest BCUT2D eigenvalue weighted by atomic mass is 35.5. The average molecular weight is 710 g/mol. The first-order valence-electron chi connectivity index (χ1n) is 11.6. The summed E-state index contributed by atoms with van der Waals surface area (Å²) in [6.07, 6.45) is -5.55. The first-order chi connectivity index (χ1) is 19.8. The largest absolute Gasteiger partial charge is 0.471 e. The van der Waals surface area contributed by atoms with Gasteiger partial charge in [-0.05, 0) is 61.4 Å². The van der Waals surface area contributed by atoms with E-state index in [4.69, 9.17) is 58.0 Å². The van der Waals surface area contributed by atoms with Gasteiger partial charge in [0.2, 0.25) is 5.91 Å². The Morgan fingerprint density at radius 3 is 1.98 bits per heavy atom. The van der Waals surface area contributed by atoms with Crippen molar-refractivity contribution in [2.45, 2.75) is 23.9 Å². The Hall–Kier alpha value is -2.90. The van der Waals surface area contributed by atoms with Gasteiger partial charge in [-0.15, -0.1) is 23.2 Å². The lowest BCUT2D eigenvalue weighted by Crippen LogP contribution is -2.36. The number of amides is 3. The number of benzene rings is 3. The SMILES string of the molecule is CC(Cl)(Cl)[C@H](Cc1cc(Cl)c(Cl)c(Cl)c1)C(=O)Nc1ccc(F)c(C(=O)Nc2ccc(F)c(NC(=O)C(F)(F)F)c2F)c1. The molecule has 3 N–H and O–H groups in total. The molecule has 17 heteroatoms. The molecule has 1 atom stereocenters. The van der Waals surface area contributed by atoms with E-state index < -0.39 is 68.5 Å². The van der Waals surface area contributed by atoms with E-state index in [1.165, 1.54) is 19.1 Å². The second kappa shape index (κ2) is 13.4. The quantitative estimate of drug-likeness (QED) is 0.124. The molecule has 43 heavy (non-hydrogen) atoms. The molecule has 0 heterocycles. The van der Waals surface area contributed by atoms with Crippen LogP contribution >= 0.6 is 58.0 Å². The van der Waals surface area contributed by atoms with Crippen LogP contribution in [0.2, 0.25) is 15.1 Å². The van der Waals surface area contributed by atoms with Crippen LogP contribution in [0.1, 0.15) is 22.8 Å². The minimum Gasteiger partial charge on any atom is -0.326 e. The topological polar surface area (TPSA) is 87.3 Å². The molecule has 3 amide bonds. The van der Waals surface area contributed by atoms with Gasteiger partial charge in [0.15, 0.2) is 5.82 Å². The number of rotatable bonds is 8. The third kappa shape index (κ3) is 8.60. The highest BCUT2D eigenvalue weighted by Gasteiger charge is 2.40. The molecular formula is C26H16Cl5F6N3O3. The lowest BCUT2D eigenvalue weighted by Gasteiger charge is -2.26. The third-order valence-corrected chi connectivity index (χ3v) is 7.45. The summed E-state index contributed by atoms with van der Waals surface area (Å²) in [6, 6.07) is 6.73. The van der Waals surface area contributed by atoms with Gasteiger partial charge in [-0.1, -0.05) is 34.8 Å². The maximum absolute atomic E-state index is 14.7. The lowest BCUT2D eigenvalue weighted by atomic mass is 9.95. The normalized spacial score (nSPS) is 12.5. The monoisotopic (exact) mass is 707 g/mol. The fourth-order valence-electron chi connectivity index (χ4n) is 3.61. The minimum absolute atomic E-state index is 0.0858. The zero-order valence-electron chi connectivity index (χ0n) is 21.2. The van der Waals surface area contributed by atoms with E-state index in [-0.39, 0.29) is 27.2 Å². The maximum Gasteiger partial charge on any atom is 0.471 e. The molecule has 0 unspecified atom stereocenters. The molecule has 3 rings (SSSR count). The number of carbonyl (C=O) groups excluding carboxylic acids is 3. The van der Waals surface area contributed by atoms with Crippen molar-refractivity contribution in [3.05, 3.63) is 86.1 Å². The molecular weight excluding hydrogens is 694 g/mol. The van der Waals surface area contributed by atoms with E-state index in [0.29, 0.717) is 17.7 Å². The number of halogens is 11. The van der Waals surface area contributed by atoms with Crippen LogP contribution in [0.25, 0.3) is 0 Å². The number of alkyl halides is 5. The predicted octanol–water partition coefficient (Wildman–Crippen LogP) is 8.81. The zero-order chi connectivity index (χ0) is 32.4. The van der Waals surface area contributed by atoms with Crippen LogP contribution in [0.15, 0.2) is 42.5 Å². The molecule has 0 aliphatic heterocycles. The summed E-state index contributed by atoms with van der Waals surface area (Å²) in [5, 5.41) is 5.65. The Morgan fingerprint density at radius 2 is 1.42 bits per heavy atom. The van der Waals surface area contributed by atoms with Crippen LogP contribution in [-0.4, -0.2) is 28.2 Å². The zero-order valence-corrected chi connectivity index (χ0v) is 25.0. The van der Waals surface area contributed by atoms with E-state index in [1.807, 2.05) is 5.32 Å². The van der Waals surface area contributed by atoms with Crippen LogP contribution in [0.5, 0.6) is 0 Å². The summed E-state index contributed by atoms with van der Waals surface area (Å²) < 4.78 is 79.2. The fourth-order valence-corrected chi connectivity index (χ4v) is 4.60. The lowest BCUT2D eigenvalue weighted by molar-refractivity contribution is -0.167. The van der Waals surface area contributed by atoms with Gasteiger partial charge < -0.3 is 16.0 Å². The van der Waals surface area contributed by atoms with Gasteiger partial charge in [-0.2, -0.15) is 13.2 Å². The van der Waals surface area contributed by atoms with Crippen molar-refractivity contribution in [2.24, 2.45) is 5.92 Å². The smallest absolute Gasteiger partial charge is 0.326 e. The van der Waals surface area contributed by atoms with Crippen LogP contribution in [0.4, 0.5) is 43.4 Å². The highest BCUT2D eigenvalue weighted by molar-refractivity contribution is 6.49. The van der Waals surface area contributed by atoms with Crippen LogP contribution < -0.4 is 16.0 Å². The van der Waals surface area contributed by atoms with E-state index in [1.54, 1.807) is 0 Å². The van der Waals surface area contributed by atoms with Crippen molar-refractivity contribution < 1.29 is 40.7 Å². The summed E-state index contributed by atoms with van der Waals surface area (Å²) in [4.78, 5) is 37.1. The third-order valence-electron chi connectivity index (χ3n) is 5.73. The summed E-state index contributed by atoms with van der Waals surface area (Å²) in [5.74, 6) is -10.4. The molecule has 230 valence electrons. The Morgan fingerprint density at radius 1 is 0.837 bits per heavy atom. The average Bonchev–Trinajstić information content (AvgIpc) is 2.89.